The molecule has 2 saturated heterocycles. The van der Waals surface area contributed by atoms with Gasteiger partial charge in [-0.2, -0.15) is 0 Å². The SMILES string of the molecule is CC(C)[C@]12CC[C@](C)(O1)[C@H](Oc1ccccc1F)C2C. The number of para-hydroxylation sites is 1. The molecule has 2 fully saturated rings. The molecule has 4 atom stereocenters. The molecule has 0 radical (unpaired) electrons. The minimum atomic E-state index is -0.301. The standard InChI is InChI=1S/C17H23FO2/c1-11(2)17-10-9-16(4,20-17)15(12(17)3)19-14-8-6-5-7-13(14)18/h5-8,11-12,15H,9-10H2,1-4H3/t12?,15-,16+,17+/m1/s1. The van der Waals surface area contributed by atoms with Crippen LogP contribution in [-0.2, 0) is 4.74 Å². The van der Waals surface area contributed by atoms with Gasteiger partial charge in [0.05, 0.1) is 5.60 Å². The highest BCUT2D eigenvalue weighted by Gasteiger charge is 2.65. The number of rotatable bonds is 3. The predicted molar refractivity (Wildman–Crippen MR) is 76.3 cm³/mol. The van der Waals surface area contributed by atoms with E-state index in [4.69, 9.17) is 9.47 Å². The summed E-state index contributed by atoms with van der Waals surface area (Å²) < 4.78 is 26.3. The van der Waals surface area contributed by atoms with Crippen molar-refractivity contribution in [2.75, 3.05) is 0 Å². The highest BCUT2D eigenvalue weighted by molar-refractivity contribution is 5.26. The fourth-order valence-electron chi connectivity index (χ4n) is 4.12. The van der Waals surface area contributed by atoms with Gasteiger partial charge in [-0.1, -0.05) is 32.9 Å². The molecule has 1 aromatic carbocycles. The van der Waals surface area contributed by atoms with Crippen molar-refractivity contribution in [2.45, 2.75) is 57.8 Å². The van der Waals surface area contributed by atoms with E-state index in [9.17, 15) is 4.39 Å². The molecule has 2 bridgehead atoms. The maximum Gasteiger partial charge on any atom is 0.165 e. The van der Waals surface area contributed by atoms with Crippen LogP contribution in [0.15, 0.2) is 24.3 Å². The normalized spacial score (nSPS) is 39.5. The molecular weight excluding hydrogens is 255 g/mol. The summed E-state index contributed by atoms with van der Waals surface area (Å²) in [5.41, 5.74) is -0.420. The Bertz CT molecular complexity index is 515. The number of hydrogen-bond acceptors (Lipinski definition) is 2. The molecule has 0 N–H and O–H groups in total. The molecule has 0 saturated carbocycles. The van der Waals surface area contributed by atoms with Crippen molar-refractivity contribution in [3.8, 4) is 5.75 Å². The van der Waals surface area contributed by atoms with E-state index in [1.165, 1.54) is 6.07 Å². The first-order valence-electron chi connectivity index (χ1n) is 7.50. The van der Waals surface area contributed by atoms with E-state index in [0.717, 1.165) is 12.8 Å². The lowest BCUT2D eigenvalue weighted by molar-refractivity contribution is -0.0821. The van der Waals surface area contributed by atoms with Gasteiger partial charge in [0.2, 0.25) is 0 Å². The molecule has 1 unspecified atom stereocenters. The molecule has 0 amide bonds. The van der Waals surface area contributed by atoms with E-state index < -0.39 is 0 Å². The van der Waals surface area contributed by atoms with Crippen LogP contribution in [0.1, 0.15) is 40.5 Å². The Kier molecular flexibility index (Phi) is 3.09. The van der Waals surface area contributed by atoms with E-state index >= 15 is 0 Å². The first-order chi connectivity index (χ1) is 9.39. The Labute approximate surface area is 120 Å². The zero-order valence-corrected chi connectivity index (χ0v) is 12.7. The van der Waals surface area contributed by atoms with E-state index in [0.29, 0.717) is 11.7 Å². The average Bonchev–Trinajstić information content (AvgIpc) is 2.86. The van der Waals surface area contributed by atoms with E-state index in [1.54, 1.807) is 18.2 Å². The van der Waals surface area contributed by atoms with Crippen LogP contribution in [0.4, 0.5) is 4.39 Å². The Morgan fingerprint density at radius 2 is 2.00 bits per heavy atom. The maximum absolute atomic E-state index is 13.8. The molecule has 2 heterocycles. The molecule has 2 aliphatic rings. The second-order valence-electron chi connectivity index (χ2n) is 6.78. The van der Waals surface area contributed by atoms with Crippen molar-refractivity contribution in [3.05, 3.63) is 30.1 Å². The summed E-state index contributed by atoms with van der Waals surface area (Å²) in [6.07, 6.45) is 1.96. The summed E-state index contributed by atoms with van der Waals surface area (Å²) in [5, 5.41) is 0. The fourth-order valence-corrected chi connectivity index (χ4v) is 4.12. The number of fused-ring (bicyclic) bond motifs is 2. The van der Waals surface area contributed by atoms with Gasteiger partial charge >= 0.3 is 0 Å². The Morgan fingerprint density at radius 1 is 1.30 bits per heavy atom. The van der Waals surface area contributed by atoms with Gasteiger partial charge in [-0.15, -0.1) is 0 Å². The van der Waals surface area contributed by atoms with Gasteiger partial charge in [-0.05, 0) is 37.8 Å². The Hall–Kier alpha value is -1.09. The van der Waals surface area contributed by atoms with Gasteiger partial charge < -0.3 is 9.47 Å². The molecule has 0 aromatic heterocycles. The average molecular weight is 278 g/mol. The minimum Gasteiger partial charge on any atom is -0.484 e. The van der Waals surface area contributed by atoms with E-state index in [-0.39, 0.29) is 29.0 Å². The number of benzene rings is 1. The molecule has 0 spiro atoms. The van der Waals surface area contributed by atoms with Crippen LogP contribution in [-0.4, -0.2) is 17.3 Å². The van der Waals surface area contributed by atoms with Crippen molar-refractivity contribution < 1.29 is 13.9 Å². The summed E-state index contributed by atoms with van der Waals surface area (Å²) in [5.74, 6) is 0.736. The summed E-state index contributed by atoms with van der Waals surface area (Å²) in [6, 6.07) is 6.62. The summed E-state index contributed by atoms with van der Waals surface area (Å²) in [6.45, 7) is 8.68. The largest absolute Gasteiger partial charge is 0.484 e. The van der Waals surface area contributed by atoms with Crippen molar-refractivity contribution in [2.24, 2.45) is 11.8 Å². The predicted octanol–water partition coefficient (Wildman–Crippen LogP) is 4.19. The molecule has 0 aliphatic carbocycles. The van der Waals surface area contributed by atoms with Crippen molar-refractivity contribution in [1.29, 1.82) is 0 Å². The topological polar surface area (TPSA) is 18.5 Å². The molecule has 110 valence electrons. The van der Waals surface area contributed by atoms with Crippen LogP contribution < -0.4 is 4.74 Å². The molecule has 3 heteroatoms. The van der Waals surface area contributed by atoms with Crippen LogP contribution in [0, 0.1) is 17.7 Å². The molecule has 2 nitrogen and oxygen atoms in total. The third-order valence-electron chi connectivity index (χ3n) is 5.33. The fraction of sp³-hybridized carbons (Fsp3) is 0.647. The highest BCUT2D eigenvalue weighted by atomic mass is 19.1. The molecule has 20 heavy (non-hydrogen) atoms. The van der Waals surface area contributed by atoms with Gasteiger partial charge in [0.25, 0.3) is 0 Å². The summed E-state index contributed by atoms with van der Waals surface area (Å²) in [7, 11) is 0. The van der Waals surface area contributed by atoms with Gasteiger partial charge in [0, 0.05) is 5.92 Å². The van der Waals surface area contributed by atoms with Gasteiger partial charge in [0.1, 0.15) is 11.7 Å². The van der Waals surface area contributed by atoms with Crippen molar-refractivity contribution in [1.82, 2.24) is 0 Å². The third-order valence-corrected chi connectivity index (χ3v) is 5.33. The van der Waals surface area contributed by atoms with Crippen LogP contribution in [0.25, 0.3) is 0 Å². The van der Waals surface area contributed by atoms with Crippen LogP contribution in [0.2, 0.25) is 0 Å². The zero-order valence-electron chi connectivity index (χ0n) is 12.7. The van der Waals surface area contributed by atoms with E-state index in [1.807, 2.05) is 0 Å². The summed E-state index contributed by atoms with van der Waals surface area (Å²) >= 11 is 0. The molecule has 1 aromatic rings. The van der Waals surface area contributed by atoms with Crippen molar-refractivity contribution in [3.63, 3.8) is 0 Å². The molecule has 3 rings (SSSR count). The number of ether oxygens (including phenoxy) is 2. The Morgan fingerprint density at radius 3 is 2.60 bits per heavy atom. The van der Waals surface area contributed by atoms with Gasteiger partial charge in [0.15, 0.2) is 11.6 Å². The van der Waals surface area contributed by atoms with Crippen LogP contribution >= 0.6 is 0 Å². The van der Waals surface area contributed by atoms with Gasteiger partial charge in [-0.25, -0.2) is 4.39 Å². The number of halogens is 1. The maximum atomic E-state index is 13.8. The van der Waals surface area contributed by atoms with Crippen molar-refractivity contribution >= 4 is 0 Å². The lowest BCUT2D eigenvalue weighted by Gasteiger charge is -2.38. The third kappa shape index (κ3) is 1.79. The lowest BCUT2D eigenvalue weighted by atomic mass is 9.69. The molecule has 2 aliphatic heterocycles. The second-order valence-corrected chi connectivity index (χ2v) is 6.78. The van der Waals surface area contributed by atoms with Gasteiger partial charge in [-0.3, -0.25) is 0 Å². The zero-order chi connectivity index (χ0) is 14.5. The number of hydrogen-bond donors (Lipinski definition) is 0. The highest BCUT2D eigenvalue weighted by Crippen LogP contribution is 2.58. The van der Waals surface area contributed by atoms with Crippen LogP contribution in [0.3, 0.4) is 0 Å². The second kappa shape index (κ2) is 4.45. The minimum absolute atomic E-state index is 0.0875. The smallest absolute Gasteiger partial charge is 0.165 e. The van der Waals surface area contributed by atoms with Crippen LogP contribution in [0.5, 0.6) is 5.75 Å². The first-order valence-corrected chi connectivity index (χ1v) is 7.50. The first kappa shape index (κ1) is 13.9. The van der Waals surface area contributed by atoms with E-state index in [2.05, 4.69) is 27.7 Å². The molecular formula is C17H23FO2. The summed E-state index contributed by atoms with van der Waals surface area (Å²) in [4.78, 5) is 0. The Balaban J connectivity index is 1.90. The monoisotopic (exact) mass is 278 g/mol. The lowest BCUT2D eigenvalue weighted by Crippen LogP contribution is -2.47. The quantitative estimate of drug-likeness (QED) is 0.825.